The number of benzene rings is 2. The van der Waals surface area contributed by atoms with Gasteiger partial charge in [-0.15, -0.1) is 0 Å². The Morgan fingerprint density at radius 3 is 2.46 bits per heavy atom. The van der Waals surface area contributed by atoms with Gasteiger partial charge in [-0.25, -0.2) is 0 Å². The molecule has 1 saturated carbocycles. The molecular formula is C22H25ClN2O2S. The van der Waals surface area contributed by atoms with Gasteiger partial charge >= 0.3 is 0 Å². The van der Waals surface area contributed by atoms with Crippen LogP contribution in [0.3, 0.4) is 0 Å². The second kappa shape index (κ2) is 9.48. The summed E-state index contributed by atoms with van der Waals surface area (Å²) in [6.07, 6.45) is 4.56. The summed E-state index contributed by atoms with van der Waals surface area (Å²) >= 11 is 7.47. The molecule has 1 aliphatic rings. The molecule has 0 heterocycles. The van der Waals surface area contributed by atoms with Crippen molar-refractivity contribution in [2.24, 2.45) is 5.92 Å². The molecule has 1 fully saturated rings. The van der Waals surface area contributed by atoms with Gasteiger partial charge in [0.1, 0.15) is 0 Å². The van der Waals surface area contributed by atoms with Gasteiger partial charge in [-0.1, -0.05) is 43.1 Å². The molecule has 2 N–H and O–H groups in total. The molecule has 2 amide bonds. The number of hydrogen-bond acceptors (Lipinski definition) is 3. The number of anilines is 1. The normalized spacial score (nSPS) is 19.1. The van der Waals surface area contributed by atoms with Crippen molar-refractivity contribution >= 4 is 40.9 Å². The van der Waals surface area contributed by atoms with Gasteiger partial charge in [-0.3, -0.25) is 9.59 Å². The Morgan fingerprint density at radius 1 is 1.07 bits per heavy atom. The number of rotatable bonds is 5. The van der Waals surface area contributed by atoms with Gasteiger partial charge in [0.15, 0.2) is 0 Å². The summed E-state index contributed by atoms with van der Waals surface area (Å²) < 4.78 is 0. The number of halogens is 1. The zero-order valence-electron chi connectivity index (χ0n) is 16.1. The average Bonchev–Trinajstić information content (AvgIpc) is 2.66. The zero-order chi connectivity index (χ0) is 20.1. The van der Waals surface area contributed by atoms with Crippen LogP contribution in [0.5, 0.6) is 0 Å². The molecular weight excluding hydrogens is 392 g/mol. The van der Waals surface area contributed by atoms with Crippen molar-refractivity contribution in [1.29, 1.82) is 0 Å². The van der Waals surface area contributed by atoms with Crippen LogP contribution in [0.15, 0.2) is 52.3 Å². The second-order valence-electron chi connectivity index (χ2n) is 7.29. The van der Waals surface area contributed by atoms with Gasteiger partial charge in [0.05, 0.1) is 5.69 Å². The minimum atomic E-state index is -0.170. The van der Waals surface area contributed by atoms with Gasteiger partial charge in [-0.05, 0) is 61.2 Å². The zero-order valence-corrected chi connectivity index (χ0v) is 17.7. The van der Waals surface area contributed by atoms with Crippen LogP contribution in [-0.4, -0.2) is 17.9 Å². The maximum Gasteiger partial charge on any atom is 0.251 e. The highest BCUT2D eigenvalue weighted by Crippen LogP contribution is 2.35. The summed E-state index contributed by atoms with van der Waals surface area (Å²) in [5.74, 6) is 0.233. The second-order valence-corrected chi connectivity index (χ2v) is 8.84. The molecule has 3 rings (SSSR count). The lowest BCUT2D eigenvalue weighted by Crippen LogP contribution is -2.41. The summed E-state index contributed by atoms with van der Waals surface area (Å²) in [5.41, 5.74) is 1.19. The highest BCUT2D eigenvalue weighted by Gasteiger charge is 2.23. The third-order valence-corrected chi connectivity index (χ3v) is 6.36. The van der Waals surface area contributed by atoms with Crippen LogP contribution in [0.1, 0.15) is 49.9 Å². The Hall–Kier alpha value is -1.98. The average molecular weight is 417 g/mol. The lowest BCUT2D eigenvalue weighted by molar-refractivity contribution is -0.114. The van der Waals surface area contributed by atoms with Gasteiger partial charge in [-0.2, -0.15) is 0 Å². The van der Waals surface area contributed by atoms with Crippen molar-refractivity contribution in [3.8, 4) is 0 Å². The van der Waals surface area contributed by atoms with E-state index in [4.69, 9.17) is 11.6 Å². The molecule has 0 aromatic heterocycles. The van der Waals surface area contributed by atoms with Gasteiger partial charge < -0.3 is 10.6 Å². The Balaban J connectivity index is 1.79. The lowest BCUT2D eigenvalue weighted by atomic mass is 9.86. The Labute approximate surface area is 175 Å². The monoisotopic (exact) mass is 416 g/mol. The lowest BCUT2D eigenvalue weighted by Gasteiger charge is -2.29. The van der Waals surface area contributed by atoms with E-state index in [1.807, 2.05) is 36.4 Å². The van der Waals surface area contributed by atoms with E-state index in [1.54, 1.807) is 6.07 Å². The first kappa shape index (κ1) is 20.7. The third-order valence-electron chi connectivity index (χ3n) is 5.02. The molecule has 1 aliphatic carbocycles. The standard InChI is InChI=1S/C22H25ClN2O2S/c1-14-5-3-4-6-19(14)25-22(27)16-7-12-21(20(13-16)24-15(2)26)28-18-10-8-17(23)9-11-18/h7-14,19H,3-6H2,1-2H3,(H,24,26)(H,25,27)/t14-,19+/m0/s1. The SMILES string of the molecule is CC(=O)Nc1cc(C(=O)N[C@@H]2CCCC[C@@H]2C)ccc1Sc1ccc(Cl)cc1. The molecule has 0 bridgehead atoms. The van der Waals surface area contributed by atoms with Crippen molar-refractivity contribution in [3.63, 3.8) is 0 Å². The van der Waals surface area contributed by atoms with Crippen LogP contribution in [-0.2, 0) is 4.79 Å². The molecule has 0 aliphatic heterocycles. The molecule has 6 heteroatoms. The van der Waals surface area contributed by atoms with Crippen LogP contribution < -0.4 is 10.6 Å². The molecule has 148 valence electrons. The van der Waals surface area contributed by atoms with Crippen molar-refractivity contribution in [2.75, 3.05) is 5.32 Å². The molecule has 0 unspecified atom stereocenters. The predicted molar refractivity (Wildman–Crippen MR) is 115 cm³/mol. The predicted octanol–water partition coefficient (Wildman–Crippen LogP) is 5.76. The van der Waals surface area contributed by atoms with E-state index in [0.29, 0.717) is 22.2 Å². The van der Waals surface area contributed by atoms with Crippen molar-refractivity contribution in [1.82, 2.24) is 5.32 Å². The first-order chi connectivity index (χ1) is 13.4. The smallest absolute Gasteiger partial charge is 0.251 e. The first-order valence-corrected chi connectivity index (χ1v) is 10.8. The van der Waals surface area contributed by atoms with E-state index < -0.39 is 0 Å². The van der Waals surface area contributed by atoms with Crippen molar-refractivity contribution in [2.45, 2.75) is 55.4 Å². The molecule has 4 nitrogen and oxygen atoms in total. The van der Waals surface area contributed by atoms with Crippen LogP contribution in [0.4, 0.5) is 5.69 Å². The summed E-state index contributed by atoms with van der Waals surface area (Å²) in [6.45, 7) is 3.66. The largest absolute Gasteiger partial charge is 0.349 e. The maximum atomic E-state index is 12.8. The van der Waals surface area contributed by atoms with E-state index >= 15 is 0 Å². The maximum absolute atomic E-state index is 12.8. The molecule has 2 aromatic carbocycles. The van der Waals surface area contributed by atoms with Gasteiger partial charge in [0, 0.05) is 33.3 Å². The highest BCUT2D eigenvalue weighted by atomic mass is 35.5. The summed E-state index contributed by atoms with van der Waals surface area (Å²) in [6, 6.07) is 13.2. The van der Waals surface area contributed by atoms with Crippen LogP contribution >= 0.6 is 23.4 Å². The quantitative estimate of drug-likeness (QED) is 0.651. The third kappa shape index (κ3) is 5.52. The first-order valence-electron chi connectivity index (χ1n) is 9.58. The van der Waals surface area contributed by atoms with Crippen molar-refractivity contribution in [3.05, 3.63) is 53.1 Å². The van der Waals surface area contributed by atoms with Crippen LogP contribution in [0.2, 0.25) is 5.02 Å². The summed E-state index contributed by atoms with van der Waals surface area (Å²) in [7, 11) is 0. The summed E-state index contributed by atoms with van der Waals surface area (Å²) in [4.78, 5) is 26.3. The van der Waals surface area contributed by atoms with E-state index in [2.05, 4.69) is 17.6 Å². The van der Waals surface area contributed by atoms with E-state index in [9.17, 15) is 9.59 Å². The molecule has 0 radical (unpaired) electrons. The number of carbonyl (C=O) groups excluding carboxylic acids is 2. The fourth-order valence-corrected chi connectivity index (χ4v) is 4.47. The van der Waals surface area contributed by atoms with Crippen LogP contribution in [0.25, 0.3) is 0 Å². The molecule has 28 heavy (non-hydrogen) atoms. The number of hydrogen-bond donors (Lipinski definition) is 2. The highest BCUT2D eigenvalue weighted by molar-refractivity contribution is 7.99. The number of carbonyl (C=O) groups is 2. The fourth-order valence-electron chi connectivity index (χ4n) is 3.46. The van der Waals surface area contributed by atoms with Crippen LogP contribution in [0, 0.1) is 5.92 Å². The Kier molecular flexibility index (Phi) is 7.03. The molecule has 2 aromatic rings. The minimum Gasteiger partial charge on any atom is -0.349 e. The molecule has 0 saturated heterocycles. The van der Waals surface area contributed by atoms with Gasteiger partial charge in [0.2, 0.25) is 5.91 Å². The fraction of sp³-hybridized carbons (Fsp3) is 0.364. The summed E-state index contributed by atoms with van der Waals surface area (Å²) in [5, 5.41) is 6.69. The van der Waals surface area contributed by atoms with Gasteiger partial charge in [0.25, 0.3) is 5.91 Å². The Bertz CT molecular complexity index is 854. The molecule has 2 atom stereocenters. The topological polar surface area (TPSA) is 58.2 Å². The van der Waals surface area contributed by atoms with Crippen molar-refractivity contribution < 1.29 is 9.59 Å². The number of amides is 2. The van der Waals surface area contributed by atoms with E-state index in [0.717, 1.165) is 29.1 Å². The van der Waals surface area contributed by atoms with E-state index in [1.165, 1.54) is 25.1 Å². The number of nitrogens with one attached hydrogen (secondary N) is 2. The molecule has 0 spiro atoms. The minimum absolute atomic E-state index is 0.0894. The Morgan fingerprint density at radius 2 is 1.79 bits per heavy atom. The van der Waals surface area contributed by atoms with E-state index in [-0.39, 0.29) is 17.9 Å².